The minimum Gasteiger partial charge on any atom is -0.394 e. The second-order valence-corrected chi connectivity index (χ2v) is 31.0. The van der Waals surface area contributed by atoms with Crippen LogP contribution in [-0.4, -0.2) is 193 Å². The number of aliphatic hydroxyl groups is 11. The van der Waals surface area contributed by atoms with Gasteiger partial charge < -0.3 is 89.9 Å². The molecule has 19 heteroatoms. The summed E-state index contributed by atoms with van der Waals surface area (Å²) in [5, 5.41) is 121. The van der Waals surface area contributed by atoms with Crippen LogP contribution in [0.2, 0.25) is 0 Å². The molecule has 0 aromatic rings. The Morgan fingerprint density at radius 2 is 0.648 bits per heavy atom. The molecule has 0 aliphatic carbocycles. The number of ether oxygens (including phenoxy) is 6. The number of allylic oxidation sites excluding steroid dienone is 13. The zero-order chi connectivity index (χ0) is 78.1. The molecule has 17 unspecified atom stereocenters. The molecule has 3 rings (SSSR count). The first-order valence-electron chi connectivity index (χ1n) is 43.8. The van der Waals surface area contributed by atoms with E-state index in [1.54, 1.807) is 6.08 Å². The Morgan fingerprint density at radius 1 is 0.343 bits per heavy atom. The predicted molar refractivity (Wildman–Crippen MR) is 434 cm³/mol. The van der Waals surface area contributed by atoms with Crippen molar-refractivity contribution in [2.45, 2.75) is 446 Å². The van der Waals surface area contributed by atoms with Crippen LogP contribution >= 0.6 is 0 Å². The van der Waals surface area contributed by atoms with Gasteiger partial charge in [-0.25, -0.2) is 0 Å². The van der Waals surface area contributed by atoms with Gasteiger partial charge in [0.2, 0.25) is 5.91 Å². The van der Waals surface area contributed by atoms with Crippen LogP contribution in [0.4, 0.5) is 0 Å². The Bertz CT molecular complexity index is 2280. The summed E-state index contributed by atoms with van der Waals surface area (Å²) in [6.45, 7) is 1.65. The molecule has 628 valence electrons. The van der Waals surface area contributed by atoms with Crippen LogP contribution in [0.25, 0.3) is 0 Å². The van der Waals surface area contributed by atoms with E-state index in [1.165, 1.54) is 238 Å². The standard InChI is InChI=1S/C89H159NO18/c1-3-5-7-9-11-13-15-17-19-21-23-25-27-29-31-33-35-36-37-39-41-43-45-47-49-51-53-55-57-59-61-63-65-67-77(95)90-72(73(94)66-64-62-60-58-56-54-52-50-48-46-44-42-40-38-34-32-30-28-26-24-22-20-18-16-14-12-10-8-6-4-2)71-103-87-83(101)80(98)85(75(69-92)105-87)108-89-84(102)81(99)86(76(70-93)106-89)107-88-82(100)79(97)78(96)74(68-91)104-88/h5,7,11,13,17,19,23,25,29,31,56,58,64,66,72-76,78-89,91-94,96-102H,3-4,6,8-10,12,14-16,18,20-22,24,26-28,30,32-55,57,59-63,65,67-71H2,1-2H3,(H,90,95)/b7-5-,13-11-,19-17-,25-23-,31-29-,58-56+,66-64+. The van der Waals surface area contributed by atoms with Crippen LogP contribution in [0.1, 0.15) is 341 Å². The molecule has 108 heavy (non-hydrogen) atoms. The van der Waals surface area contributed by atoms with Crippen LogP contribution < -0.4 is 5.32 Å². The maximum Gasteiger partial charge on any atom is 0.220 e. The molecule has 3 heterocycles. The van der Waals surface area contributed by atoms with Crippen molar-refractivity contribution in [3.8, 4) is 0 Å². The number of hydrogen-bond acceptors (Lipinski definition) is 18. The molecule has 0 aromatic heterocycles. The molecule has 0 spiro atoms. The van der Waals surface area contributed by atoms with E-state index in [-0.39, 0.29) is 18.9 Å². The molecule has 3 saturated heterocycles. The quantitative estimate of drug-likeness (QED) is 0.0199. The summed E-state index contributed by atoms with van der Waals surface area (Å²) in [5.74, 6) is -0.283. The van der Waals surface area contributed by atoms with Crippen molar-refractivity contribution < 1.29 is 89.4 Å². The normalized spacial score (nSPS) is 25.8. The lowest BCUT2D eigenvalue weighted by atomic mass is 9.96. The SMILES string of the molecule is CC/C=C\C/C=C\C/C=C\C/C=C\C/C=C\CCCCCCCCCCCCCCCCCCCC(=O)NC(COC1OC(CO)C(OC2OC(CO)C(OC3OC(CO)C(O)C(O)C3O)C(O)C2O)C(O)C1O)C(O)/C=C/CC/C=C/CCCCCCCCCCCCCCCCCCCCCCCCCC. The van der Waals surface area contributed by atoms with Gasteiger partial charge in [0.25, 0.3) is 0 Å². The third-order valence-electron chi connectivity index (χ3n) is 21.4. The number of hydrogen-bond donors (Lipinski definition) is 12. The number of amides is 1. The molecule has 17 atom stereocenters. The number of carbonyl (C=O) groups excluding carboxylic acids is 1. The number of carbonyl (C=O) groups is 1. The van der Waals surface area contributed by atoms with Crippen molar-refractivity contribution in [3.63, 3.8) is 0 Å². The third-order valence-corrected chi connectivity index (χ3v) is 21.4. The van der Waals surface area contributed by atoms with E-state index < -0.39 is 124 Å². The van der Waals surface area contributed by atoms with Crippen LogP contribution in [0.5, 0.6) is 0 Å². The summed E-state index contributed by atoms with van der Waals surface area (Å²) in [4.78, 5) is 13.5. The lowest BCUT2D eigenvalue weighted by Gasteiger charge is -2.48. The zero-order valence-electron chi connectivity index (χ0n) is 67.6. The van der Waals surface area contributed by atoms with Crippen molar-refractivity contribution in [1.29, 1.82) is 0 Å². The number of nitrogens with one attached hydrogen (secondary N) is 1. The lowest BCUT2D eigenvalue weighted by molar-refractivity contribution is -0.379. The summed E-state index contributed by atoms with van der Waals surface area (Å²) in [6.07, 6.45) is 65.9. The highest BCUT2D eigenvalue weighted by molar-refractivity contribution is 5.76. The van der Waals surface area contributed by atoms with E-state index in [1.807, 2.05) is 6.08 Å². The molecular weight excluding hydrogens is 1370 g/mol. The Morgan fingerprint density at radius 3 is 1.04 bits per heavy atom. The monoisotopic (exact) mass is 1530 g/mol. The summed E-state index contributed by atoms with van der Waals surface area (Å²) < 4.78 is 34.5. The molecule has 19 nitrogen and oxygen atoms in total. The minimum absolute atomic E-state index is 0.234. The van der Waals surface area contributed by atoms with Crippen molar-refractivity contribution in [2.24, 2.45) is 0 Å². The molecular formula is C89H159NO18. The first-order chi connectivity index (χ1) is 52.8. The van der Waals surface area contributed by atoms with E-state index >= 15 is 0 Å². The van der Waals surface area contributed by atoms with E-state index in [2.05, 4.69) is 92.1 Å². The van der Waals surface area contributed by atoms with Crippen LogP contribution in [0.3, 0.4) is 0 Å². The third kappa shape index (κ3) is 47.0. The average molecular weight is 1530 g/mol. The molecule has 0 saturated carbocycles. The topological polar surface area (TPSA) is 307 Å². The maximum absolute atomic E-state index is 13.5. The van der Waals surface area contributed by atoms with Crippen molar-refractivity contribution in [3.05, 3.63) is 85.1 Å². The van der Waals surface area contributed by atoms with Gasteiger partial charge in [0.1, 0.15) is 73.2 Å². The van der Waals surface area contributed by atoms with Gasteiger partial charge in [-0.05, 0) is 77.0 Å². The Labute approximate surface area is 654 Å². The number of aliphatic hydroxyl groups excluding tert-OH is 11. The fourth-order valence-corrected chi connectivity index (χ4v) is 14.5. The van der Waals surface area contributed by atoms with Gasteiger partial charge in [0.15, 0.2) is 18.9 Å². The van der Waals surface area contributed by atoms with Gasteiger partial charge >= 0.3 is 0 Å². The highest BCUT2D eigenvalue weighted by Crippen LogP contribution is 2.33. The summed E-state index contributed by atoms with van der Waals surface area (Å²) in [6, 6.07) is -0.995. The molecule has 1 amide bonds. The molecule has 0 aromatic carbocycles. The minimum atomic E-state index is -1.98. The van der Waals surface area contributed by atoms with Crippen molar-refractivity contribution >= 4 is 5.91 Å². The Hall–Kier alpha value is -3.03. The van der Waals surface area contributed by atoms with Crippen LogP contribution in [0, 0.1) is 0 Å². The Kier molecular flexibility index (Phi) is 62.8. The average Bonchev–Trinajstić information content (AvgIpc) is 0.779. The summed E-state index contributed by atoms with van der Waals surface area (Å²) in [5.41, 5.74) is 0. The molecule has 0 radical (unpaired) electrons. The first-order valence-corrected chi connectivity index (χ1v) is 43.8. The number of unbranched alkanes of at least 4 members (excludes halogenated alkanes) is 42. The van der Waals surface area contributed by atoms with Gasteiger partial charge in [-0.15, -0.1) is 0 Å². The fraction of sp³-hybridized carbons (Fsp3) is 0.831. The van der Waals surface area contributed by atoms with Crippen molar-refractivity contribution in [1.82, 2.24) is 5.32 Å². The van der Waals surface area contributed by atoms with E-state index in [0.717, 1.165) is 70.6 Å². The zero-order valence-corrected chi connectivity index (χ0v) is 67.6. The highest BCUT2D eigenvalue weighted by Gasteiger charge is 2.54. The molecule has 3 aliphatic heterocycles. The number of rotatable bonds is 70. The molecule has 12 N–H and O–H groups in total. The second kappa shape index (κ2) is 68.4. The lowest BCUT2D eigenvalue weighted by Crippen LogP contribution is -2.66. The van der Waals surface area contributed by atoms with Gasteiger partial charge in [-0.2, -0.15) is 0 Å². The highest BCUT2D eigenvalue weighted by atomic mass is 16.8. The smallest absolute Gasteiger partial charge is 0.220 e. The van der Waals surface area contributed by atoms with Gasteiger partial charge in [-0.3, -0.25) is 4.79 Å². The van der Waals surface area contributed by atoms with Crippen LogP contribution in [0.15, 0.2) is 85.1 Å². The Balaban J connectivity index is 1.35. The molecule has 3 aliphatic rings. The van der Waals surface area contributed by atoms with E-state index in [9.17, 15) is 61.0 Å². The van der Waals surface area contributed by atoms with Crippen LogP contribution in [-0.2, 0) is 33.2 Å². The van der Waals surface area contributed by atoms with E-state index in [4.69, 9.17) is 28.4 Å². The van der Waals surface area contributed by atoms with Gasteiger partial charge in [-0.1, -0.05) is 343 Å². The van der Waals surface area contributed by atoms with E-state index in [0.29, 0.717) is 12.8 Å². The maximum atomic E-state index is 13.5. The first kappa shape index (κ1) is 99.2. The molecule has 3 fully saturated rings. The van der Waals surface area contributed by atoms with Gasteiger partial charge in [0, 0.05) is 6.42 Å². The second-order valence-electron chi connectivity index (χ2n) is 31.0. The summed E-state index contributed by atoms with van der Waals surface area (Å²) in [7, 11) is 0. The summed E-state index contributed by atoms with van der Waals surface area (Å²) >= 11 is 0. The molecule has 0 bridgehead atoms. The fourth-order valence-electron chi connectivity index (χ4n) is 14.5. The largest absolute Gasteiger partial charge is 0.394 e. The van der Waals surface area contributed by atoms with Crippen molar-refractivity contribution in [2.75, 3.05) is 26.4 Å². The van der Waals surface area contributed by atoms with Gasteiger partial charge in [0.05, 0.1) is 38.6 Å². The predicted octanol–water partition coefficient (Wildman–Crippen LogP) is 16.1.